The van der Waals surface area contributed by atoms with E-state index in [0.717, 1.165) is 17.5 Å². The van der Waals surface area contributed by atoms with Crippen LogP contribution in [0.1, 0.15) is 6.92 Å². The molecule has 0 aliphatic heterocycles. The second-order valence-corrected chi connectivity index (χ2v) is 3.32. The Morgan fingerprint density at radius 3 is 2.27 bits per heavy atom. The minimum absolute atomic E-state index is 0.933. The van der Waals surface area contributed by atoms with Crippen molar-refractivity contribution >= 4 is 11.9 Å². The van der Waals surface area contributed by atoms with Gasteiger partial charge in [-0.25, -0.2) is 0 Å². The van der Waals surface area contributed by atoms with Crippen LogP contribution < -0.4 is 0 Å². The summed E-state index contributed by atoms with van der Waals surface area (Å²) in [7, 11) is 0. The van der Waals surface area contributed by atoms with Gasteiger partial charge in [0.15, 0.2) is 0 Å². The predicted molar refractivity (Wildman–Crippen MR) is 62.5 cm³/mol. The van der Waals surface area contributed by atoms with E-state index >= 15 is 0 Å². The topological polar surface area (TPSA) is 24.7 Å². The fraction of sp³-hybridized carbons (Fsp3) is 0.0769. The third-order valence-corrected chi connectivity index (χ3v) is 2.18. The molecule has 0 spiro atoms. The number of hydrogen-bond acceptors (Lipinski definition) is 2. The molecule has 74 valence electrons. The van der Waals surface area contributed by atoms with Gasteiger partial charge in [-0.15, -0.1) is 0 Å². The van der Waals surface area contributed by atoms with Gasteiger partial charge in [0, 0.05) is 23.8 Å². The highest BCUT2D eigenvalue weighted by Gasteiger charge is 2.19. The molecule has 15 heavy (non-hydrogen) atoms. The van der Waals surface area contributed by atoms with Crippen LogP contribution in [0.15, 0.2) is 10.2 Å². The minimum Gasteiger partial charge on any atom is -0.163 e. The third kappa shape index (κ3) is 3.15. The van der Waals surface area contributed by atoms with Gasteiger partial charge in [-0.1, -0.05) is 0 Å². The Labute approximate surface area is 92.9 Å². The number of rotatable bonds is 3. The zero-order valence-corrected chi connectivity index (χ0v) is 8.59. The lowest BCUT2D eigenvalue weighted by molar-refractivity contribution is 1.20. The first-order chi connectivity index (χ1) is 7.36. The summed E-state index contributed by atoms with van der Waals surface area (Å²) in [5.41, 5.74) is 0.933. The van der Waals surface area contributed by atoms with Gasteiger partial charge in [-0.3, -0.25) is 0 Å². The summed E-state index contributed by atoms with van der Waals surface area (Å²) in [5, 5.41) is 8.16. The lowest BCUT2D eigenvalue weighted by atomic mass is 10.0. The number of nitrogens with zero attached hydrogens (tertiary/aromatic N) is 2. The summed E-state index contributed by atoms with van der Waals surface area (Å²) in [6.07, 6.45) is 17.8. The molecule has 0 saturated heterocycles. The Morgan fingerprint density at radius 1 is 1.00 bits per heavy atom. The van der Waals surface area contributed by atoms with Crippen LogP contribution in [0.5, 0.6) is 0 Å². The monoisotopic (exact) mass is 196 g/mol. The molecule has 2 saturated carbocycles. The molecule has 2 rings (SSSR count). The van der Waals surface area contributed by atoms with Crippen LogP contribution in [-0.2, 0) is 0 Å². The van der Waals surface area contributed by atoms with Crippen molar-refractivity contribution in [2.24, 2.45) is 10.2 Å². The molecule has 0 N–H and O–H groups in total. The summed E-state index contributed by atoms with van der Waals surface area (Å²) in [5.74, 6) is 2.20. The smallest absolute Gasteiger partial charge is 0.0452 e. The van der Waals surface area contributed by atoms with Crippen LogP contribution in [0.2, 0.25) is 0 Å². The Hall–Kier alpha value is -0.660. The molecule has 2 aliphatic carbocycles. The molecular weight excluding hydrogens is 184 g/mol. The maximum Gasteiger partial charge on any atom is 0.0452 e. The molecule has 0 aromatic rings. The minimum atomic E-state index is 0.933. The molecule has 0 aromatic carbocycles. The first-order valence-electron chi connectivity index (χ1n) is 4.88. The summed E-state index contributed by atoms with van der Waals surface area (Å²) in [6.45, 7) is 1.96. The highest BCUT2D eigenvalue weighted by atomic mass is 15.2. The second-order valence-electron chi connectivity index (χ2n) is 3.32. The van der Waals surface area contributed by atoms with Gasteiger partial charge in [-0.2, -0.15) is 10.2 Å². The summed E-state index contributed by atoms with van der Waals surface area (Å²) >= 11 is 0. The van der Waals surface area contributed by atoms with E-state index < -0.39 is 0 Å². The van der Waals surface area contributed by atoms with E-state index in [1.54, 1.807) is 6.21 Å². The Balaban J connectivity index is 1.80. The molecule has 2 heteroatoms. The standard InChI is InChI=1S/C13H12N2/c1-11(13-8-4-5-9-13)15-14-10-12-6-2-3-7-12/h2-10H,1H3/b14-10+,15-11+. The zero-order chi connectivity index (χ0) is 10.5. The van der Waals surface area contributed by atoms with Crippen molar-refractivity contribution < 1.29 is 0 Å². The largest absolute Gasteiger partial charge is 0.163 e. The summed E-state index contributed by atoms with van der Waals surface area (Å²) in [4.78, 5) is 0. The van der Waals surface area contributed by atoms with Crippen LogP contribution in [-0.4, -0.2) is 11.9 Å². The quantitative estimate of drug-likeness (QED) is 0.488. The van der Waals surface area contributed by atoms with Crippen molar-refractivity contribution in [2.45, 2.75) is 6.92 Å². The Bertz CT molecular complexity index is 243. The van der Waals surface area contributed by atoms with Gasteiger partial charge >= 0.3 is 0 Å². The number of hydrogen-bond donors (Lipinski definition) is 0. The van der Waals surface area contributed by atoms with Crippen molar-refractivity contribution in [3.63, 3.8) is 0 Å². The average Bonchev–Trinajstić information content (AvgIpc) is 2.90. The predicted octanol–water partition coefficient (Wildman–Crippen LogP) is 2.24. The molecule has 0 heterocycles. The SMILES string of the molecule is C/C(=N\N=C\[C]1[CH][CH][CH][CH]1)[C]1[CH][CH][CH][CH]1. The van der Waals surface area contributed by atoms with Crippen LogP contribution >= 0.6 is 0 Å². The lowest BCUT2D eigenvalue weighted by Gasteiger charge is -2.04. The fourth-order valence-electron chi connectivity index (χ4n) is 1.33. The van der Waals surface area contributed by atoms with Gasteiger partial charge in [0.05, 0.1) is 0 Å². The molecule has 2 nitrogen and oxygen atoms in total. The normalized spacial score (nSPS) is 25.8. The lowest BCUT2D eigenvalue weighted by Crippen LogP contribution is -2.04. The van der Waals surface area contributed by atoms with Gasteiger partial charge in [-0.05, 0) is 58.3 Å². The Morgan fingerprint density at radius 2 is 1.60 bits per heavy atom. The second kappa shape index (κ2) is 5.43. The van der Waals surface area contributed by atoms with Gasteiger partial charge in [0.2, 0.25) is 0 Å². The van der Waals surface area contributed by atoms with E-state index in [0.29, 0.717) is 0 Å². The molecule has 0 atom stereocenters. The van der Waals surface area contributed by atoms with Crippen molar-refractivity contribution in [1.82, 2.24) is 0 Å². The molecule has 0 unspecified atom stereocenters. The molecule has 0 aromatic heterocycles. The molecular formula is C13H12N2. The molecule has 0 bridgehead atoms. The van der Waals surface area contributed by atoms with Crippen LogP contribution in [0.4, 0.5) is 0 Å². The molecule has 2 aliphatic rings. The summed E-state index contributed by atoms with van der Waals surface area (Å²) < 4.78 is 0. The van der Waals surface area contributed by atoms with Crippen molar-refractivity contribution in [3.05, 3.63) is 63.2 Å². The van der Waals surface area contributed by atoms with E-state index in [9.17, 15) is 0 Å². The van der Waals surface area contributed by atoms with Crippen LogP contribution in [0.3, 0.4) is 0 Å². The van der Waals surface area contributed by atoms with Crippen molar-refractivity contribution in [3.8, 4) is 0 Å². The fourth-order valence-corrected chi connectivity index (χ4v) is 1.33. The van der Waals surface area contributed by atoms with Gasteiger partial charge < -0.3 is 0 Å². The van der Waals surface area contributed by atoms with E-state index in [2.05, 4.69) is 10.2 Å². The first-order valence-corrected chi connectivity index (χ1v) is 4.88. The first kappa shape index (κ1) is 10.8. The molecule has 2 fully saturated rings. The Kier molecular flexibility index (Phi) is 3.93. The maximum absolute atomic E-state index is 4.13. The van der Waals surface area contributed by atoms with E-state index in [1.165, 1.54) is 0 Å². The zero-order valence-electron chi connectivity index (χ0n) is 8.59. The van der Waals surface area contributed by atoms with E-state index in [-0.39, 0.29) is 0 Å². The van der Waals surface area contributed by atoms with E-state index in [1.807, 2.05) is 58.3 Å². The van der Waals surface area contributed by atoms with Crippen molar-refractivity contribution in [1.29, 1.82) is 0 Å². The summed E-state index contributed by atoms with van der Waals surface area (Å²) in [6, 6.07) is 0. The van der Waals surface area contributed by atoms with Crippen LogP contribution in [0.25, 0.3) is 0 Å². The molecule has 10 radical (unpaired) electrons. The third-order valence-electron chi connectivity index (χ3n) is 2.18. The highest BCUT2D eigenvalue weighted by molar-refractivity contribution is 6.00. The molecule has 0 amide bonds. The maximum atomic E-state index is 4.13. The average molecular weight is 196 g/mol. The van der Waals surface area contributed by atoms with Gasteiger partial charge in [0.1, 0.15) is 0 Å². The van der Waals surface area contributed by atoms with E-state index in [4.69, 9.17) is 0 Å². The van der Waals surface area contributed by atoms with Crippen molar-refractivity contribution in [2.75, 3.05) is 0 Å². The van der Waals surface area contributed by atoms with Crippen LogP contribution in [0, 0.1) is 63.2 Å². The van der Waals surface area contributed by atoms with Gasteiger partial charge in [0.25, 0.3) is 0 Å². The highest BCUT2D eigenvalue weighted by Crippen LogP contribution is 2.24.